The Kier molecular flexibility index (Phi) is 5.33. The average molecular weight is 307 g/mol. The number of carbonyl (C=O) groups is 2. The van der Waals surface area contributed by atoms with Gasteiger partial charge in [-0.25, -0.2) is 0 Å². The summed E-state index contributed by atoms with van der Waals surface area (Å²) in [6.45, 7) is 1.33. The van der Waals surface area contributed by atoms with Gasteiger partial charge in [-0.2, -0.15) is 0 Å². The summed E-state index contributed by atoms with van der Waals surface area (Å²) in [5.74, 6) is 5.25. The molecule has 3 N–H and O–H groups in total. The van der Waals surface area contributed by atoms with Crippen LogP contribution >= 0.6 is 11.3 Å². The zero-order valence-electron chi connectivity index (χ0n) is 11.7. The molecule has 1 aromatic rings. The van der Waals surface area contributed by atoms with Crippen LogP contribution in [0.25, 0.3) is 0 Å². The van der Waals surface area contributed by atoms with Crippen LogP contribution in [0.3, 0.4) is 0 Å². The maximum atomic E-state index is 12.5. The predicted molar refractivity (Wildman–Crippen MR) is 80.0 cm³/mol. The van der Waals surface area contributed by atoms with Gasteiger partial charge in [-0.05, 0) is 6.07 Å². The van der Waals surface area contributed by atoms with Crippen LogP contribution in [-0.2, 0) is 9.53 Å². The summed E-state index contributed by atoms with van der Waals surface area (Å²) in [6, 6.07) is 1.14. The van der Waals surface area contributed by atoms with Crippen LogP contribution in [0.2, 0.25) is 0 Å². The summed E-state index contributed by atoms with van der Waals surface area (Å²) in [4.78, 5) is 26.7. The first-order chi connectivity index (χ1) is 10.2. The highest BCUT2D eigenvalue weighted by Gasteiger charge is 2.33. The normalized spacial score (nSPS) is 17.8. The molecule has 2 rings (SSSR count). The number of hydrogen-bond donors (Lipinski definition) is 2. The summed E-state index contributed by atoms with van der Waals surface area (Å²) in [5.41, 5.74) is 5.86. The van der Waals surface area contributed by atoms with Crippen LogP contribution in [0.5, 0.6) is 0 Å². The van der Waals surface area contributed by atoms with Crippen molar-refractivity contribution in [1.29, 1.82) is 0 Å². The van der Waals surface area contributed by atoms with Gasteiger partial charge in [-0.3, -0.25) is 9.59 Å². The van der Waals surface area contributed by atoms with Gasteiger partial charge in [-0.15, -0.1) is 11.3 Å². The van der Waals surface area contributed by atoms with E-state index >= 15 is 0 Å². The lowest BCUT2D eigenvalue weighted by atomic mass is 10.1. The Labute approximate surface area is 127 Å². The number of thiophene rings is 1. The lowest BCUT2D eigenvalue weighted by Crippen LogP contribution is -2.55. The van der Waals surface area contributed by atoms with E-state index in [2.05, 4.69) is 17.2 Å². The van der Waals surface area contributed by atoms with E-state index in [9.17, 15) is 9.59 Å². The number of morpholine rings is 1. The second-order valence-electron chi connectivity index (χ2n) is 4.41. The van der Waals surface area contributed by atoms with Crippen molar-refractivity contribution in [3.63, 3.8) is 0 Å². The van der Waals surface area contributed by atoms with E-state index in [1.54, 1.807) is 23.4 Å². The van der Waals surface area contributed by atoms with Gasteiger partial charge in [0.1, 0.15) is 6.04 Å². The maximum absolute atomic E-state index is 12.5. The van der Waals surface area contributed by atoms with Crippen molar-refractivity contribution in [2.75, 3.05) is 33.4 Å². The maximum Gasteiger partial charge on any atom is 0.255 e. The van der Waals surface area contributed by atoms with Crippen molar-refractivity contribution >= 4 is 23.2 Å². The van der Waals surface area contributed by atoms with Gasteiger partial charge in [0, 0.05) is 19.0 Å². The molecule has 1 aliphatic rings. The Hall–Kier alpha value is -1.88. The molecule has 2 heterocycles. The van der Waals surface area contributed by atoms with Crippen LogP contribution in [-0.4, -0.2) is 56.1 Å². The Morgan fingerprint density at radius 3 is 3.14 bits per heavy atom. The SMILES string of the molecule is CNC(=O)C1COCCN1C(=O)c1csc(C#CCN)c1. The first-order valence-corrected chi connectivity index (χ1v) is 7.43. The van der Waals surface area contributed by atoms with E-state index in [0.717, 1.165) is 4.88 Å². The molecule has 112 valence electrons. The van der Waals surface area contributed by atoms with Crippen molar-refractivity contribution in [2.24, 2.45) is 5.73 Å². The molecule has 7 heteroatoms. The molecule has 6 nitrogen and oxygen atoms in total. The molecule has 1 aromatic heterocycles. The zero-order chi connectivity index (χ0) is 15.2. The van der Waals surface area contributed by atoms with E-state index in [0.29, 0.717) is 18.7 Å². The third-order valence-electron chi connectivity index (χ3n) is 3.10. The van der Waals surface area contributed by atoms with Gasteiger partial charge >= 0.3 is 0 Å². The van der Waals surface area contributed by atoms with Crippen LogP contribution in [0.15, 0.2) is 11.4 Å². The number of likely N-dealkylation sites (N-methyl/N-ethyl adjacent to an activating group) is 1. The molecule has 21 heavy (non-hydrogen) atoms. The number of ether oxygens (including phenoxy) is 1. The summed E-state index contributed by atoms with van der Waals surface area (Å²) in [6.07, 6.45) is 0. The second kappa shape index (κ2) is 7.22. The van der Waals surface area contributed by atoms with Crippen LogP contribution in [0.4, 0.5) is 0 Å². The highest BCUT2D eigenvalue weighted by Crippen LogP contribution is 2.18. The summed E-state index contributed by atoms with van der Waals surface area (Å²) in [7, 11) is 1.55. The molecule has 0 saturated carbocycles. The molecule has 1 saturated heterocycles. The minimum absolute atomic E-state index is 0.177. The Balaban J connectivity index is 2.16. The molecule has 0 bridgehead atoms. The molecular formula is C14H17N3O3S. The molecule has 2 amide bonds. The fourth-order valence-corrected chi connectivity index (χ4v) is 2.80. The highest BCUT2D eigenvalue weighted by molar-refractivity contribution is 7.10. The van der Waals surface area contributed by atoms with Crippen LogP contribution in [0, 0.1) is 11.8 Å². The van der Waals surface area contributed by atoms with Gasteiger partial charge in [0.25, 0.3) is 5.91 Å². The van der Waals surface area contributed by atoms with Gasteiger partial charge in [0.05, 0.1) is 30.2 Å². The van der Waals surface area contributed by atoms with E-state index in [-0.39, 0.29) is 25.0 Å². The summed E-state index contributed by atoms with van der Waals surface area (Å²) < 4.78 is 5.29. The van der Waals surface area contributed by atoms with Gasteiger partial charge in [-0.1, -0.05) is 11.8 Å². The minimum Gasteiger partial charge on any atom is -0.377 e. The van der Waals surface area contributed by atoms with Gasteiger partial charge in [0.2, 0.25) is 5.91 Å². The Morgan fingerprint density at radius 2 is 2.43 bits per heavy atom. The molecule has 0 spiro atoms. The van der Waals surface area contributed by atoms with Gasteiger partial charge in [0.15, 0.2) is 0 Å². The van der Waals surface area contributed by atoms with Crippen molar-refractivity contribution < 1.29 is 14.3 Å². The zero-order valence-corrected chi connectivity index (χ0v) is 12.5. The lowest BCUT2D eigenvalue weighted by Gasteiger charge is -2.34. The fraction of sp³-hybridized carbons (Fsp3) is 0.429. The number of nitrogens with zero attached hydrogens (tertiary/aromatic N) is 1. The van der Waals surface area contributed by atoms with Crippen LogP contribution < -0.4 is 11.1 Å². The largest absolute Gasteiger partial charge is 0.377 e. The summed E-state index contributed by atoms with van der Waals surface area (Å²) in [5, 5.41) is 4.31. The van der Waals surface area contributed by atoms with Gasteiger partial charge < -0.3 is 20.7 Å². The molecule has 0 aliphatic carbocycles. The van der Waals surface area contributed by atoms with Crippen LogP contribution in [0.1, 0.15) is 15.2 Å². The number of amides is 2. The molecule has 1 fully saturated rings. The monoisotopic (exact) mass is 307 g/mol. The molecule has 1 unspecified atom stereocenters. The second-order valence-corrected chi connectivity index (χ2v) is 5.32. The number of nitrogens with one attached hydrogen (secondary N) is 1. The summed E-state index contributed by atoms with van der Waals surface area (Å²) >= 11 is 1.39. The molecular weight excluding hydrogens is 290 g/mol. The van der Waals surface area contributed by atoms with E-state index in [4.69, 9.17) is 10.5 Å². The smallest absolute Gasteiger partial charge is 0.255 e. The first-order valence-electron chi connectivity index (χ1n) is 6.55. The average Bonchev–Trinajstić information content (AvgIpc) is 3.00. The topological polar surface area (TPSA) is 84.7 Å². The third-order valence-corrected chi connectivity index (χ3v) is 3.94. The first kappa shape index (κ1) is 15.5. The van der Waals surface area contributed by atoms with Crippen molar-refractivity contribution in [2.45, 2.75) is 6.04 Å². The van der Waals surface area contributed by atoms with E-state index < -0.39 is 6.04 Å². The van der Waals surface area contributed by atoms with E-state index in [1.165, 1.54) is 11.3 Å². The Bertz CT molecular complexity index is 588. The number of hydrogen-bond acceptors (Lipinski definition) is 5. The van der Waals surface area contributed by atoms with E-state index in [1.807, 2.05) is 0 Å². The van der Waals surface area contributed by atoms with Crippen molar-refractivity contribution in [1.82, 2.24) is 10.2 Å². The third kappa shape index (κ3) is 3.61. The number of rotatable bonds is 2. The number of carbonyl (C=O) groups excluding carboxylic acids is 2. The fourth-order valence-electron chi connectivity index (χ4n) is 2.05. The highest BCUT2D eigenvalue weighted by atomic mass is 32.1. The molecule has 0 radical (unpaired) electrons. The predicted octanol–water partition coefficient (Wildman–Crippen LogP) is -0.355. The number of nitrogens with two attached hydrogens (primary N) is 1. The lowest BCUT2D eigenvalue weighted by molar-refractivity contribution is -0.130. The van der Waals surface area contributed by atoms with Crippen molar-refractivity contribution in [3.05, 3.63) is 21.9 Å². The van der Waals surface area contributed by atoms with Crippen molar-refractivity contribution in [3.8, 4) is 11.8 Å². The quantitative estimate of drug-likeness (QED) is 0.731. The Morgan fingerprint density at radius 1 is 1.62 bits per heavy atom. The minimum atomic E-state index is -0.588. The standard InChI is InChI=1S/C14H17N3O3S/c1-16-13(18)12-8-20-6-5-17(12)14(19)10-7-11(21-9-10)3-2-4-15/h7,9,12H,4-6,8,15H2,1H3,(H,16,18). The molecule has 1 aliphatic heterocycles. The molecule has 1 atom stereocenters. The molecule has 0 aromatic carbocycles.